The fraction of sp³-hybridized carbons (Fsp3) is 0.0625. The van der Waals surface area contributed by atoms with E-state index in [0.29, 0.717) is 11.4 Å². The number of fused-ring (bicyclic) bond motifs is 1. The molecule has 3 heterocycles. The second-order valence-electron chi connectivity index (χ2n) is 5.16. The summed E-state index contributed by atoms with van der Waals surface area (Å²) < 4.78 is 13.8. The second-order valence-corrected chi connectivity index (χ2v) is 7.45. The number of rotatable bonds is 3. The molecule has 0 aliphatic carbocycles. The molecule has 5 nitrogen and oxygen atoms in total. The standard InChI is InChI=1S/C16H11FN4OS2/c1-8-7-18-16(23-8)12-6-11-13(24-12)14(21-20-11)19-15(22)9-2-4-10(17)5-3-9/h2-7H,1H3,(H2,19,20,21,22). The lowest BCUT2D eigenvalue weighted by molar-refractivity contribution is 0.102. The molecule has 4 rings (SSSR count). The molecule has 0 radical (unpaired) electrons. The van der Waals surface area contributed by atoms with E-state index in [-0.39, 0.29) is 11.7 Å². The molecule has 0 fully saturated rings. The molecule has 0 atom stereocenters. The first-order chi connectivity index (χ1) is 11.6. The van der Waals surface area contributed by atoms with Gasteiger partial charge in [-0.1, -0.05) is 0 Å². The van der Waals surface area contributed by atoms with Crippen LogP contribution in [0.2, 0.25) is 0 Å². The van der Waals surface area contributed by atoms with Gasteiger partial charge in [-0.15, -0.1) is 22.7 Å². The number of benzene rings is 1. The lowest BCUT2D eigenvalue weighted by Crippen LogP contribution is -2.12. The molecule has 0 aliphatic heterocycles. The average molecular weight is 358 g/mol. The Hall–Kier alpha value is -2.58. The van der Waals surface area contributed by atoms with E-state index in [4.69, 9.17) is 0 Å². The van der Waals surface area contributed by atoms with Crippen LogP contribution >= 0.6 is 22.7 Å². The van der Waals surface area contributed by atoms with Crippen LogP contribution in [0, 0.1) is 12.7 Å². The van der Waals surface area contributed by atoms with Crippen molar-refractivity contribution in [2.75, 3.05) is 5.32 Å². The average Bonchev–Trinajstić information content (AvgIpc) is 3.25. The molecule has 0 saturated heterocycles. The van der Waals surface area contributed by atoms with Gasteiger partial charge in [-0.05, 0) is 37.3 Å². The van der Waals surface area contributed by atoms with Gasteiger partial charge in [-0.3, -0.25) is 9.89 Å². The number of hydrogen-bond acceptors (Lipinski definition) is 5. The first-order valence-electron chi connectivity index (χ1n) is 7.08. The number of hydrogen-bond donors (Lipinski definition) is 2. The van der Waals surface area contributed by atoms with Crippen molar-refractivity contribution in [3.63, 3.8) is 0 Å². The minimum Gasteiger partial charge on any atom is -0.304 e. The maximum absolute atomic E-state index is 12.9. The zero-order chi connectivity index (χ0) is 16.7. The lowest BCUT2D eigenvalue weighted by Gasteiger charge is -2.01. The summed E-state index contributed by atoms with van der Waals surface area (Å²) in [7, 11) is 0. The lowest BCUT2D eigenvalue weighted by atomic mass is 10.2. The van der Waals surface area contributed by atoms with Crippen molar-refractivity contribution in [2.24, 2.45) is 0 Å². The molecule has 2 N–H and O–H groups in total. The van der Waals surface area contributed by atoms with Crippen LogP contribution in [0.15, 0.2) is 36.5 Å². The monoisotopic (exact) mass is 358 g/mol. The van der Waals surface area contributed by atoms with Crippen LogP contribution in [0.1, 0.15) is 15.2 Å². The Morgan fingerprint density at radius 3 is 2.75 bits per heavy atom. The van der Waals surface area contributed by atoms with E-state index in [2.05, 4.69) is 20.5 Å². The maximum atomic E-state index is 12.9. The van der Waals surface area contributed by atoms with Gasteiger partial charge in [0, 0.05) is 16.6 Å². The van der Waals surface area contributed by atoms with Gasteiger partial charge in [0.1, 0.15) is 10.8 Å². The summed E-state index contributed by atoms with van der Waals surface area (Å²) in [6.45, 7) is 2.01. The molecule has 4 aromatic rings. The molecule has 1 amide bonds. The van der Waals surface area contributed by atoms with E-state index in [9.17, 15) is 9.18 Å². The van der Waals surface area contributed by atoms with Crippen LogP contribution in [0.5, 0.6) is 0 Å². The van der Waals surface area contributed by atoms with Crippen molar-refractivity contribution in [1.29, 1.82) is 0 Å². The molecule has 0 unspecified atom stereocenters. The summed E-state index contributed by atoms with van der Waals surface area (Å²) in [6.07, 6.45) is 1.84. The quantitative estimate of drug-likeness (QED) is 0.568. The van der Waals surface area contributed by atoms with Crippen molar-refractivity contribution in [2.45, 2.75) is 6.92 Å². The zero-order valence-corrected chi connectivity index (χ0v) is 14.1. The zero-order valence-electron chi connectivity index (χ0n) is 12.5. The van der Waals surface area contributed by atoms with E-state index < -0.39 is 0 Å². The van der Waals surface area contributed by atoms with Gasteiger partial charge in [0.2, 0.25) is 0 Å². The van der Waals surface area contributed by atoms with E-state index in [0.717, 1.165) is 25.0 Å². The molecule has 3 aromatic heterocycles. The predicted octanol–water partition coefficient (Wildman–Crippen LogP) is 4.45. The van der Waals surface area contributed by atoms with Crippen molar-refractivity contribution < 1.29 is 9.18 Å². The highest BCUT2D eigenvalue weighted by Gasteiger charge is 2.16. The van der Waals surface area contributed by atoms with Crippen molar-refractivity contribution >= 4 is 44.6 Å². The number of carbonyl (C=O) groups is 1. The minimum absolute atomic E-state index is 0.330. The minimum atomic E-state index is -0.379. The molecule has 0 saturated carbocycles. The van der Waals surface area contributed by atoms with E-state index >= 15 is 0 Å². The number of halogens is 1. The Balaban J connectivity index is 1.63. The summed E-state index contributed by atoms with van der Waals surface area (Å²) in [6, 6.07) is 7.35. The first kappa shape index (κ1) is 15.0. The summed E-state index contributed by atoms with van der Waals surface area (Å²) >= 11 is 3.14. The topological polar surface area (TPSA) is 70.7 Å². The Kier molecular flexibility index (Phi) is 3.62. The number of H-pyrrole nitrogens is 1. The molecular weight excluding hydrogens is 347 g/mol. The van der Waals surface area contributed by atoms with E-state index in [1.807, 2.05) is 19.2 Å². The first-order valence-corrected chi connectivity index (χ1v) is 8.71. The summed E-state index contributed by atoms with van der Waals surface area (Å²) in [4.78, 5) is 18.8. The van der Waals surface area contributed by atoms with Crippen LogP contribution < -0.4 is 5.32 Å². The summed E-state index contributed by atoms with van der Waals surface area (Å²) in [5, 5.41) is 10.8. The van der Waals surface area contributed by atoms with Gasteiger partial charge >= 0.3 is 0 Å². The van der Waals surface area contributed by atoms with Crippen LogP contribution in [-0.2, 0) is 0 Å². The van der Waals surface area contributed by atoms with Crippen molar-refractivity contribution in [3.05, 3.63) is 52.8 Å². The Morgan fingerprint density at radius 2 is 2.04 bits per heavy atom. The van der Waals surface area contributed by atoms with Crippen LogP contribution in [0.25, 0.3) is 20.1 Å². The molecule has 0 bridgehead atoms. The number of nitrogens with zero attached hydrogens (tertiary/aromatic N) is 2. The Labute approximate surface area is 144 Å². The number of aryl methyl sites for hydroxylation is 1. The number of thiophene rings is 1. The van der Waals surface area contributed by atoms with Crippen LogP contribution in [0.4, 0.5) is 10.2 Å². The number of thiazole rings is 1. The fourth-order valence-corrected chi connectivity index (χ4v) is 4.13. The van der Waals surface area contributed by atoms with Gasteiger partial charge in [0.25, 0.3) is 5.91 Å². The number of aromatic nitrogens is 3. The third-order valence-corrected chi connectivity index (χ3v) is 5.63. The maximum Gasteiger partial charge on any atom is 0.256 e. The Morgan fingerprint density at radius 1 is 1.25 bits per heavy atom. The number of aromatic amines is 1. The highest BCUT2D eigenvalue weighted by atomic mass is 32.1. The van der Waals surface area contributed by atoms with Gasteiger partial charge in [0.05, 0.1) is 15.1 Å². The van der Waals surface area contributed by atoms with E-state index in [1.54, 1.807) is 11.3 Å². The normalized spacial score (nSPS) is 11.1. The molecule has 24 heavy (non-hydrogen) atoms. The number of amides is 1. The highest BCUT2D eigenvalue weighted by Crippen LogP contribution is 2.37. The van der Waals surface area contributed by atoms with Crippen LogP contribution in [0.3, 0.4) is 0 Å². The van der Waals surface area contributed by atoms with Gasteiger partial charge in [-0.2, -0.15) is 5.10 Å². The summed E-state index contributed by atoms with van der Waals surface area (Å²) in [5.74, 6) is -0.248. The largest absolute Gasteiger partial charge is 0.304 e. The SMILES string of the molecule is Cc1cnc(-c2cc3[nH]nc(NC(=O)c4ccc(F)cc4)c3s2)s1. The molecule has 1 aromatic carbocycles. The third kappa shape index (κ3) is 2.70. The van der Waals surface area contributed by atoms with Gasteiger partial charge < -0.3 is 5.32 Å². The second kappa shape index (κ2) is 5.81. The number of nitrogens with one attached hydrogen (secondary N) is 2. The fourth-order valence-electron chi connectivity index (χ4n) is 2.26. The van der Waals surface area contributed by atoms with Gasteiger partial charge in [0.15, 0.2) is 5.82 Å². The molecule has 120 valence electrons. The molecule has 8 heteroatoms. The van der Waals surface area contributed by atoms with Crippen LogP contribution in [-0.4, -0.2) is 21.1 Å². The summed E-state index contributed by atoms with van der Waals surface area (Å²) in [5.41, 5.74) is 1.22. The number of anilines is 1. The number of carbonyl (C=O) groups excluding carboxylic acids is 1. The Bertz CT molecular complexity index is 1030. The molecule has 0 spiro atoms. The van der Waals surface area contributed by atoms with Gasteiger partial charge in [-0.25, -0.2) is 9.37 Å². The molecule has 0 aliphatic rings. The predicted molar refractivity (Wildman–Crippen MR) is 94.2 cm³/mol. The third-order valence-electron chi connectivity index (χ3n) is 3.41. The van der Waals surface area contributed by atoms with Crippen molar-refractivity contribution in [1.82, 2.24) is 15.2 Å². The highest BCUT2D eigenvalue weighted by molar-refractivity contribution is 7.26. The smallest absolute Gasteiger partial charge is 0.256 e. The van der Waals surface area contributed by atoms with E-state index in [1.165, 1.54) is 35.6 Å². The molecular formula is C16H11FN4OS2. The van der Waals surface area contributed by atoms with Crippen molar-refractivity contribution in [3.8, 4) is 9.88 Å².